The predicted octanol–water partition coefficient (Wildman–Crippen LogP) is 2.29. The second-order valence-electron chi connectivity index (χ2n) is 5.32. The number of hydrogen-bond donors (Lipinski definition) is 0. The third kappa shape index (κ3) is 3.65. The molecule has 25 heavy (non-hydrogen) atoms. The summed E-state index contributed by atoms with van der Waals surface area (Å²) in [5, 5.41) is 0.426. The van der Waals surface area contributed by atoms with Gasteiger partial charge >= 0.3 is 5.97 Å². The number of esters is 1. The predicted molar refractivity (Wildman–Crippen MR) is 88.8 cm³/mol. The molecule has 1 aromatic heterocycles. The Hall–Kier alpha value is -3.22. The van der Waals surface area contributed by atoms with Crippen molar-refractivity contribution < 1.29 is 18.7 Å². The Bertz CT molecular complexity index is 984. The van der Waals surface area contributed by atoms with E-state index in [2.05, 4.69) is 4.98 Å². The number of hydrogen-bond acceptors (Lipinski definition) is 5. The molecule has 0 fully saturated rings. The van der Waals surface area contributed by atoms with E-state index >= 15 is 0 Å². The van der Waals surface area contributed by atoms with Gasteiger partial charge in [0.2, 0.25) is 0 Å². The van der Waals surface area contributed by atoms with Crippen molar-refractivity contribution in [3.8, 4) is 5.75 Å². The molecule has 0 atom stereocenters. The Morgan fingerprint density at radius 2 is 2.04 bits per heavy atom. The Labute approximate surface area is 142 Å². The third-order valence-corrected chi connectivity index (χ3v) is 3.65. The van der Waals surface area contributed by atoms with Crippen LogP contribution in [0.3, 0.4) is 0 Å². The van der Waals surface area contributed by atoms with Crippen LogP contribution in [-0.4, -0.2) is 22.6 Å². The molecule has 3 rings (SSSR count). The summed E-state index contributed by atoms with van der Waals surface area (Å²) in [7, 11) is 1.37. The van der Waals surface area contributed by atoms with Crippen LogP contribution in [0.15, 0.2) is 53.6 Å². The van der Waals surface area contributed by atoms with Gasteiger partial charge in [-0.25, -0.2) is 9.37 Å². The molecule has 0 aliphatic heterocycles. The van der Waals surface area contributed by atoms with Crippen LogP contribution in [0.5, 0.6) is 5.75 Å². The number of rotatable bonds is 5. The Balaban J connectivity index is 1.68. The lowest BCUT2D eigenvalue weighted by molar-refractivity contribution is -0.145. The van der Waals surface area contributed by atoms with E-state index in [9.17, 15) is 14.0 Å². The number of para-hydroxylation sites is 1. The van der Waals surface area contributed by atoms with Crippen LogP contribution >= 0.6 is 0 Å². The molecule has 0 saturated carbocycles. The fourth-order valence-corrected chi connectivity index (χ4v) is 2.37. The lowest BCUT2D eigenvalue weighted by Crippen LogP contribution is -2.25. The molecule has 0 aliphatic carbocycles. The van der Waals surface area contributed by atoms with Crippen molar-refractivity contribution in [2.45, 2.75) is 13.2 Å². The van der Waals surface area contributed by atoms with Gasteiger partial charge in [-0.3, -0.25) is 14.2 Å². The second-order valence-corrected chi connectivity index (χ2v) is 5.32. The Kier molecular flexibility index (Phi) is 4.74. The highest BCUT2D eigenvalue weighted by Gasteiger charge is 2.10. The van der Waals surface area contributed by atoms with Gasteiger partial charge in [-0.05, 0) is 29.8 Å². The summed E-state index contributed by atoms with van der Waals surface area (Å²) in [4.78, 5) is 28.4. The van der Waals surface area contributed by atoms with Gasteiger partial charge in [0, 0.05) is 0 Å². The van der Waals surface area contributed by atoms with Crippen LogP contribution in [0.25, 0.3) is 10.9 Å². The van der Waals surface area contributed by atoms with Crippen molar-refractivity contribution in [1.82, 2.24) is 9.55 Å². The zero-order valence-corrected chi connectivity index (χ0v) is 13.4. The van der Waals surface area contributed by atoms with Gasteiger partial charge in [-0.15, -0.1) is 0 Å². The summed E-state index contributed by atoms with van der Waals surface area (Å²) < 4.78 is 24.7. The Morgan fingerprint density at radius 1 is 1.24 bits per heavy atom. The van der Waals surface area contributed by atoms with Crippen LogP contribution < -0.4 is 10.3 Å². The number of carbonyl (C=O) groups is 1. The van der Waals surface area contributed by atoms with E-state index in [-0.39, 0.29) is 24.5 Å². The molecule has 3 aromatic rings. The minimum absolute atomic E-state index is 0.102. The van der Waals surface area contributed by atoms with Crippen LogP contribution in [0, 0.1) is 5.82 Å². The van der Waals surface area contributed by atoms with Crippen LogP contribution in [-0.2, 0) is 22.7 Å². The first-order valence-corrected chi connectivity index (χ1v) is 7.50. The zero-order chi connectivity index (χ0) is 17.8. The number of nitrogens with zero attached hydrogens (tertiary/aromatic N) is 2. The summed E-state index contributed by atoms with van der Waals surface area (Å²) in [6.45, 7) is -0.370. The summed E-state index contributed by atoms with van der Waals surface area (Å²) in [6.07, 6.45) is 1.30. The molecule has 7 heteroatoms. The first-order valence-electron chi connectivity index (χ1n) is 7.50. The average molecular weight is 342 g/mol. The van der Waals surface area contributed by atoms with E-state index in [1.54, 1.807) is 30.3 Å². The lowest BCUT2D eigenvalue weighted by atomic mass is 10.2. The first-order chi connectivity index (χ1) is 12.1. The summed E-state index contributed by atoms with van der Waals surface area (Å²) in [5.74, 6) is -1.04. The smallest absolute Gasteiger partial charge is 0.326 e. The molecule has 0 spiro atoms. The fraction of sp³-hybridized carbons (Fsp3) is 0.167. The minimum atomic E-state index is -0.615. The fourth-order valence-electron chi connectivity index (χ4n) is 2.37. The number of ether oxygens (including phenoxy) is 2. The minimum Gasteiger partial charge on any atom is -0.494 e. The van der Waals surface area contributed by atoms with Crippen molar-refractivity contribution in [3.63, 3.8) is 0 Å². The van der Waals surface area contributed by atoms with Crippen molar-refractivity contribution in [2.24, 2.45) is 0 Å². The molecular weight excluding hydrogens is 327 g/mol. The standard InChI is InChI=1S/C18H15FN2O4/c1-24-16-7-6-12(8-14(16)19)10-25-17(22)9-21-11-20-15-5-3-2-4-13(15)18(21)23/h2-8,11H,9-10H2,1H3. The molecule has 0 radical (unpaired) electrons. The maximum absolute atomic E-state index is 13.6. The molecule has 1 heterocycles. The number of aromatic nitrogens is 2. The zero-order valence-electron chi connectivity index (χ0n) is 13.4. The van der Waals surface area contributed by atoms with Gasteiger partial charge in [-0.2, -0.15) is 0 Å². The molecule has 128 valence electrons. The van der Waals surface area contributed by atoms with E-state index in [4.69, 9.17) is 9.47 Å². The summed E-state index contributed by atoms with van der Waals surface area (Å²) in [6, 6.07) is 11.2. The van der Waals surface area contributed by atoms with Gasteiger partial charge in [0.25, 0.3) is 5.56 Å². The summed E-state index contributed by atoms with van der Waals surface area (Å²) in [5.41, 5.74) is 0.722. The highest BCUT2D eigenvalue weighted by Crippen LogP contribution is 2.18. The van der Waals surface area contributed by atoms with Gasteiger partial charge in [0.1, 0.15) is 13.2 Å². The molecule has 2 aromatic carbocycles. The van der Waals surface area contributed by atoms with Gasteiger partial charge in [-0.1, -0.05) is 18.2 Å². The maximum Gasteiger partial charge on any atom is 0.326 e. The average Bonchev–Trinajstić information content (AvgIpc) is 2.63. The van der Waals surface area contributed by atoms with Crippen molar-refractivity contribution in [3.05, 3.63) is 70.5 Å². The van der Waals surface area contributed by atoms with Crippen molar-refractivity contribution in [1.29, 1.82) is 0 Å². The maximum atomic E-state index is 13.6. The highest BCUT2D eigenvalue weighted by molar-refractivity contribution is 5.77. The highest BCUT2D eigenvalue weighted by atomic mass is 19.1. The molecule has 0 unspecified atom stereocenters. The first kappa shape index (κ1) is 16.6. The molecule has 6 nitrogen and oxygen atoms in total. The molecule has 0 saturated heterocycles. The van der Waals surface area contributed by atoms with Gasteiger partial charge < -0.3 is 9.47 Å². The second kappa shape index (κ2) is 7.12. The van der Waals surface area contributed by atoms with E-state index in [1.807, 2.05) is 0 Å². The van der Waals surface area contributed by atoms with E-state index < -0.39 is 11.8 Å². The molecule has 0 bridgehead atoms. The number of methoxy groups -OCH3 is 1. The van der Waals surface area contributed by atoms with Gasteiger partial charge in [0.05, 0.1) is 24.3 Å². The SMILES string of the molecule is COc1ccc(COC(=O)Cn2cnc3ccccc3c2=O)cc1F. The lowest BCUT2D eigenvalue weighted by Gasteiger charge is -2.08. The number of carbonyl (C=O) groups excluding carboxylic acids is 1. The number of fused-ring (bicyclic) bond motifs is 1. The van der Waals surface area contributed by atoms with Crippen molar-refractivity contribution >= 4 is 16.9 Å². The van der Waals surface area contributed by atoms with E-state index in [0.717, 1.165) is 0 Å². The van der Waals surface area contributed by atoms with Crippen LogP contribution in [0.4, 0.5) is 4.39 Å². The van der Waals surface area contributed by atoms with Crippen LogP contribution in [0.2, 0.25) is 0 Å². The molecule has 0 aliphatic rings. The van der Waals surface area contributed by atoms with Crippen LogP contribution in [0.1, 0.15) is 5.56 Å². The summed E-state index contributed by atoms with van der Waals surface area (Å²) >= 11 is 0. The topological polar surface area (TPSA) is 70.4 Å². The van der Waals surface area contributed by atoms with Gasteiger partial charge in [0.15, 0.2) is 11.6 Å². The molecule has 0 amide bonds. The number of benzene rings is 2. The van der Waals surface area contributed by atoms with E-state index in [1.165, 1.54) is 30.1 Å². The monoisotopic (exact) mass is 342 g/mol. The van der Waals surface area contributed by atoms with E-state index in [0.29, 0.717) is 16.5 Å². The Morgan fingerprint density at radius 3 is 2.80 bits per heavy atom. The number of halogens is 1. The quantitative estimate of drug-likeness (QED) is 0.665. The third-order valence-electron chi connectivity index (χ3n) is 3.65. The van der Waals surface area contributed by atoms with Crippen molar-refractivity contribution in [2.75, 3.05) is 7.11 Å². The molecule has 0 N–H and O–H groups in total. The normalized spacial score (nSPS) is 10.6. The largest absolute Gasteiger partial charge is 0.494 e. The molecular formula is C18H15FN2O4.